The van der Waals surface area contributed by atoms with E-state index in [1.165, 1.54) is 13.2 Å². The van der Waals surface area contributed by atoms with Crippen LogP contribution >= 0.6 is 0 Å². The lowest BCUT2D eigenvalue weighted by atomic mass is 10.1. The van der Waals surface area contributed by atoms with E-state index in [1.807, 2.05) is 19.1 Å². The molecule has 0 aliphatic rings. The van der Waals surface area contributed by atoms with Crippen molar-refractivity contribution in [3.05, 3.63) is 95.1 Å². The lowest BCUT2D eigenvalue weighted by molar-refractivity contribution is 0.0734. The molecule has 0 saturated heterocycles. The van der Waals surface area contributed by atoms with Crippen LogP contribution in [0.5, 0.6) is 17.2 Å². The largest absolute Gasteiger partial charge is 0.497 e. The van der Waals surface area contributed by atoms with E-state index < -0.39 is 5.97 Å². The molecule has 0 heterocycles. The Labute approximate surface area is 175 Å². The van der Waals surface area contributed by atoms with Crippen LogP contribution in [0.25, 0.3) is 6.08 Å². The molecule has 0 spiro atoms. The van der Waals surface area contributed by atoms with Crippen molar-refractivity contribution in [2.75, 3.05) is 14.2 Å². The van der Waals surface area contributed by atoms with Crippen molar-refractivity contribution >= 4 is 17.8 Å². The van der Waals surface area contributed by atoms with E-state index >= 15 is 0 Å². The van der Waals surface area contributed by atoms with E-state index in [9.17, 15) is 9.59 Å². The number of benzene rings is 3. The quantitative estimate of drug-likeness (QED) is 0.237. The number of carbonyl (C=O) groups is 2. The van der Waals surface area contributed by atoms with Gasteiger partial charge in [0.15, 0.2) is 5.78 Å². The van der Waals surface area contributed by atoms with Crippen molar-refractivity contribution in [3.8, 4) is 17.2 Å². The fraction of sp³-hybridized carbons (Fsp3) is 0.120. The first kappa shape index (κ1) is 20.9. The molecule has 3 aromatic rings. The van der Waals surface area contributed by atoms with Crippen LogP contribution in [0.4, 0.5) is 0 Å². The molecule has 0 aromatic heterocycles. The van der Waals surface area contributed by atoms with Gasteiger partial charge in [0.05, 0.1) is 25.3 Å². The zero-order valence-electron chi connectivity index (χ0n) is 17.0. The minimum Gasteiger partial charge on any atom is -0.497 e. The predicted molar refractivity (Wildman–Crippen MR) is 115 cm³/mol. The standard InChI is InChI=1S/C25H22O5/c1-17-4-9-19(10-5-17)25(27)30-20-11-6-18(7-12-20)8-15-23(26)22-14-13-21(28-2)16-24(22)29-3/h4-16H,1-3H3. The second-order valence-electron chi connectivity index (χ2n) is 6.59. The van der Waals surface area contributed by atoms with Gasteiger partial charge in [-0.3, -0.25) is 4.79 Å². The molecule has 0 aliphatic heterocycles. The second kappa shape index (κ2) is 9.56. The fourth-order valence-electron chi connectivity index (χ4n) is 2.77. The van der Waals surface area contributed by atoms with Gasteiger partial charge in [0.25, 0.3) is 0 Å². The number of carbonyl (C=O) groups excluding carboxylic acids is 2. The normalized spacial score (nSPS) is 10.6. The molecule has 0 atom stereocenters. The summed E-state index contributed by atoms with van der Waals surface area (Å²) in [5, 5.41) is 0. The number of aryl methyl sites for hydroxylation is 1. The molecular weight excluding hydrogens is 380 g/mol. The minimum atomic E-state index is -0.417. The third-order valence-corrected chi connectivity index (χ3v) is 4.48. The molecule has 5 heteroatoms. The Kier molecular flexibility index (Phi) is 6.65. The number of methoxy groups -OCH3 is 2. The molecule has 152 valence electrons. The Morgan fingerprint density at radius 2 is 1.47 bits per heavy atom. The van der Waals surface area contributed by atoms with Gasteiger partial charge in [-0.15, -0.1) is 0 Å². The monoisotopic (exact) mass is 402 g/mol. The highest BCUT2D eigenvalue weighted by atomic mass is 16.5. The van der Waals surface area contributed by atoms with Crippen molar-refractivity contribution in [1.82, 2.24) is 0 Å². The SMILES string of the molecule is COc1ccc(C(=O)C=Cc2ccc(OC(=O)c3ccc(C)cc3)cc2)c(OC)c1. The van der Waals surface area contributed by atoms with Crippen molar-refractivity contribution in [3.63, 3.8) is 0 Å². The lowest BCUT2D eigenvalue weighted by Gasteiger charge is -2.08. The molecule has 0 N–H and O–H groups in total. The summed E-state index contributed by atoms with van der Waals surface area (Å²) in [5.74, 6) is 0.885. The summed E-state index contributed by atoms with van der Waals surface area (Å²) in [7, 11) is 3.06. The van der Waals surface area contributed by atoms with Crippen LogP contribution in [0.15, 0.2) is 72.8 Å². The summed E-state index contributed by atoms with van der Waals surface area (Å²) in [5.41, 5.74) is 2.80. The highest BCUT2D eigenvalue weighted by Gasteiger charge is 2.11. The summed E-state index contributed by atoms with van der Waals surface area (Å²) in [4.78, 5) is 24.7. The summed E-state index contributed by atoms with van der Waals surface area (Å²) < 4.78 is 15.8. The first-order valence-corrected chi connectivity index (χ1v) is 9.33. The first-order valence-electron chi connectivity index (χ1n) is 9.33. The maximum atomic E-state index is 12.5. The van der Waals surface area contributed by atoms with Gasteiger partial charge in [0, 0.05) is 6.07 Å². The molecule has 0 fully saturated rings. The van der Waals surface area contributed by atoms with E-state index in [4.69, 9.17) is 14.2 Å². The molecule has 0 amide bonds. The molecule has 0 unspecified atom stereocenters. The number of esters is 1. The molecule has 3 rings (SSSR count). The van der Waals surface area contributed by atoms with Crippen LogP contribution in [-0.2, 0) is 0 Å². The molecule has 0 bridgehead atoms. The topological polar surface area (TPSA) is 61.8 Å². The van der Waals surface area contributed by atoms with E-state index in [1.54, 1.807) is 67.8 Å². The predicted octanol–water partition coefficient (Wildman–Crippen LogP) is 5.13. The van der Waals surface area contributed by atoms with Crippen LogP contribution in [-0.4, -0.2) is 26.0 Å². The van der Waals surface area contributed by atoms with Crippen LogP contribution in [0, 0.1) is 6.92 Å². The number of hydrogen-bond donors (Lipinski definition) is 0. The van der Waals surface area contributed by atoms with Crippen LogP contribution in [0.1, 0.15) is 31.8 Å². The smallest absolute Gasteiger partial charge is 0.343 e. The third-order valence-electron chi connectivity index (χ3n) is 4.48. The van der Waals surface area contributed by atoms with Gasteiger partial charge in [-0.1, -0.05) is 35.9 Å². The Balaban J connectivity index is 1.66. The Bertz CT molecular complexity index is 1060. The minimum absolute atomic E-state index is 0.190. The van der Waals surface area contributed by atoms with Gasteiger partial charge >= 0.3 is 5.97 Å². The fourth-order valence-corrected chi connectivity index (χ4v) is 2.77. The number of rotatable bonds is 7. The maximum absolute atomic E-state index is 12.5. The van der Waals surface area contributed by atoms with E-state index in [-0.39, 0.29) is 5.78 Å². The van der Waals surface area contributed by atoms with Gasteiger partial charge in [0.2, 0.25) is 0 Å². The molecule has 0 radical (unpaired) electrons. The van der Waals surface area contributed by atoms with Gasteiger partial charge < -0.3 is 14.2 Å². The highest BCUT2D eigenvalue weighted by Crippen LogP contribution is 2.25. The summed E-state index contributed by atoms with van der Waals surface area (Å²) in [6.45, 7) is 1.96. The average molecular weight is 402 g/mol. The lowest BCUT2D eigenvalue weighted by Crippen LogP contribution is -2.08. The highest BCUT2D eigenvalue weighted by molar-refractivity contribution is 6.08. The van der Waals surface area contributed by atoms with Crippen molar-refractivity contribution in [2.45, 2.75) is 6.92 Å². The summed E-state index contributed by atoms with van der Waals surface area (Å²) in [6, 6.07) is 19.1. The zero-order valence-corrected chi connectivity index (χ0v) is 17.0. The number of hydrogen-bond acceptors (Lipinski definition) is 5. The number of ketones is 1. The maximum Gasteiger partial charge on any atom is 0.343 e. The molecule has 0 aliphatic carbocycles. The van der Waals surface area contributed by atoms with Crippen LogP contribution in [0.2, 0.25) is 0 Å². The van der Waals surface area contributed by atoms with E-state index in [2.05, 4.69) is 0 Å². The summed E-state index contributed by atoms with van der Waals surface area (Å²) >= 11 is 0. The van der Waals surface area contributed by atoms with Crippen LogP contribution < -0.4 is 14.2 Å². The first-order chi connectivity index (χ1) is 14.5. The second-order valence-corrected chi connectivity index (χ2v) is 6.59. The molecule has 30 heavy (non-hydrogen) atoms. The van der Waals surface area contributed by atoms with Crippen molar-refractivity contribution < 1.29 is 23.8 Å². The Hall–Kier alpha value is -3.86. The number of allylic oxidation sites excluding steroid dienone is 1. The van der Waals surface area contributed by atoms with Gasteiger partial charge in [-0.2, -0.15) is 0 Å². The van der Waals surface area contributed by atoms with Gasteiger partial charge in [-0.25, -0.2) is 4.79 Å². The van der Waals surface area contributed by atoms with Gasteiger partial charge in [0.1, 0.15) is 17.2 Å². The van der Waals surface area contributed by atoms with Crippen molar-refractivity contribution in [1.29, 1.82) is 0 Å². The molecule has 3 aromatic carbocycles. The molecule has 5 nitrogen and oxygen atoms in total. The summed E-state index contributed by atoms with van der Waals surface area (Å²) in [6.07, 6.45) is 3.16. The molecular formula is C25H22O5. The van der Waals surface area contributed by atoms with Gasteiger partial charge in [-0.05, 0) is 55.0 Å². The van der Waals surface area contributed by atoms with Crippen molar-refractivity contribution in [2.24, 2.45) is 0 Å². The Morgan fingerprint density at radius 1 is 0.800 bits per heavy atom. The van der Waals surface area contributed by atoms with Crippen LogP contribution in [0.3, 0.4) is 0 Å². The zero-order chi connectivity index (χ0) is 21.5. The Morgan fingerprint density at radius 3 is 2.10 bits per heavy atom. The third kappa shape index (κ3) is 5.14. The van der Waals surface area contributed by atoms with E-state index in [0.29, 0.717) is 28.4 Å². The van der Waals surface area contributed by atoms with E-state index in [0.717, 1.165) is 11.1 Å². The average Bonchev–Trinajstić information content (AvgIpc) is 2.78. The number of ether oxygens (including phenoxy) is 3. The molecule has 0 saturated carbocycles.